The summed E-state index contributed by atoms with van der Waals surface area (Å²) in [6, 6.07) is 4.96. The highest BCUT2D eigenvalue weighted by Crippen LogP contribution is 2.22. The molecule has 0 bridgehead atoms. The Labute approximate surface area is 175 Å². The molecule has 1 atom stereocenters. The van der Waals surface area contributed by atoms with Gasteiger partial charge in [-0.15, -0.1) is 0 Å². The third kappa shape index (κ3) is 5.35. The summed E-state index contributed by atoms with van der Waals surface area (Å²) in [6.07, 6.45) is 2.23. The van der Waals surface area contributed by atoms with Crippen LogP contribution in [0.1, 0.15) is 35.0 Å². The molecule has 1 fully saturated rings. The van der Waals surface area contributed by atoms with Crippen molar-refractivity contribution in [2.45, 2.75) is 32.5 Å². The summed E-state index contributed by atoms with van der Waals surface area (Å²) < 4.78 is 24.5. The first kappa shape index (κ1) is 22.2. The number of rotatable bonds is 9. The van der Waals surface area contributed by atoms with Crippen molar-refractivity contribution in [3.8, 4) is 5.75 Å². The fourth-order valence-corrected chi connectivity index (χ4v) is 3.79. The van der Waals surface area contributed by atoms with Crippen LogP contribution in [0.5, 0.6) is 5.75 Å². The topological polar surface area (TPSA) is 90.9 Å². The van der Waals surface area contributed by atoms with Crippen molar-refractivity contribution >= 4 is 5.97 Å². The maximum Gasteiger partial charge on any atom is 0.356 e. The Hall–Kier alpha value is -2.49. The van der Waals surface area contributed by atoms with Crippen LogP contribution in [-0.2, 0) is 17.8 Å². The molecule has 0 spiro atoms. The Balaban J connectivity index is 1.66. The average molecular weight is 420 g/mol. The van der Waals surface area contributed by atoms with Gasteiger partial charge in [-0.1, -0.05) is 6.07 Å². The number of esters is 1. The molecule has 0 saturated carbocycles. The molecule has 1 aromatic carbocycles. The van der Waals surface area contributed by atoms with Crippen LogP contribution in [0.3, 0.4) is 0 Å². The molecule has 1 aliphatic rings. The SMILES string of the molecule is CCOC(=O)c1[nH]ncc1CN1CCN(Cc2ccc(OC)cc2F)C(CCO)C1. The van der Waals surface area contributed by atoms with Crippen LogP contribution >= 0.6 is 0 Å². The van der Waals surface area contributed by atoms with Gasteiger partial charge in [0.05, 0.1) is 19.9 Å². The fourth-order valence-electron chi connectivity index (χ4n) is 3.79. The van der Waals surface area contributed by atoms with E-state index in [9.17, 15) is 14.3 Å². The largest absolute Gasteiger partial charge is 0.497 e. The molecule has 0 amide bonds. The van der Waals surface area contributed by atoms with E-state index in [4.69, 9.17) is 9.47 Å². The molecule has 2 heterocycles. The number of benzene rings is 1. The van der Waals surface area contributed by atoms with E-state index >= 15 is 0 Å². The molecule has 9 heteroatoms. The van der Waals surface area contributed by atoms with Crippen LogP contribution in [0, 0.1) is 5.82 Å². The Kier molecular flexibility index (Phi) is 7.78. The number of aliphatic hydroxyl groups is 1. The lowest BCUT2D eigenvalue weighted by atomic mass is 10.1. The minimum Gasteiger partial charge on any atom is -0.497 e. The van der Waals surface area contributed by atoms with E-state index in [2.05, 4.69) is 20.0 Å². The molecule has 1 saturated heterocycles. The van der Waals surface area contributed by atoms with Crippen LogP contribution in [0.15, 0.2) is 24.4 Å². The summed E-state index contributed by atoms with van der Waals surface area (Å²) in [7, 11) is 1.51. The minimum absolute atomic E-state index is 0.0554. The maximum atomic E-state index is 14.4. The summed E-state index contributed by atoms with van der Waals surface area (Å²) in [6.45, 7) is 5.32. The monoisotopic (exact) mass is 420 g/mol. The molecule has 2 aromatic rings. The van der Waals surface area contributed by atoms with Crippen molar-refractivity contribution in [1.82, 2.24) is 20.0 Å². The van der Waals surface area contributed by atoms with Gasteiger partial charge in [0.2, 0.25) is 0 Å². The summed E-state index contributed by atoms with van der Waals surface area (Å²) in [4.78, 5) is 16.5. The molecule has 1 aliphatic heterocycles. The van der Waals surface area contributed by atoms with Gasteiger partial charge in [-0.25, -0.2) is 9.18 Å². The highest BCUT2D eigenvalue weighted by atomic mass is 19.1. The second-order valence-corrected chi connectivity index (χ2v) is 7.32. The van der Waals surface area contributed by atoms with Gasteiger partial charge in [0, 0.05) is 62.6 Å². The number of halogens is 1. The van der Waals surface area contributed by atoms with E-state index < -0.39 is 5.97 Å². The van der Waals surface area contributed by atoms with Crippen molar-refractivity contribution in [3.63, 3.8) is 0 Å². The molecular weight excluding hydrogens is 391 g/mol. The number of aromatic amines is 1. The third-order valence-electron chi connectivity index (χ3n) is 5.38. The molecule has 164 valence electrons. The van der Waals surface area contributed by atoms with E-state index in [0.717, 1.165) is 18.7 Å². The quantitative estimate of drug-likeness (QED) is 0.598. The third-order valence-corrected chi connectivity index (χ3v) is 5.38. The number of nitrogens with one attached hydrogen (secondary N) is 1. The van der Waals surface area contributed by atoms with Crippen molar-refractivity contribution in [3.05, 3.63) is 47.0 Å². The average Bonchev–Trinajstić information content (AvgIpc) is 3.19. The smallest absolute Gasteiger partial charge is 0.356 e. The molecule has 30 heavy (non-hydrogen) atoms. The Morgan fingerprint density at radius 2 is 2.17 bits per heavy atom. The number of methoxy groups -OCH3 is 1. The lowest BCUT2D eigenvalue weighted by Crippen LogP contribution is -2.52. The van der Waals surface area contributed by atoms with Gasteiger partial charge in [-0.05, 0) is 19.4 Å². The van der Waals surface area contributed by atoms with Gasteiger partial charge < -0.3 is 14.6 Å². The number of aliphatic hydroxyl groups excluding tert-OH is 1. The van der Waals surface area contributed by atoms with Gasteiger partial charge in [0.15, 0.2) is 0 Å². The second-order valence-electron chi connectivity index (χ2n) is 7.32. The van der Waals surface area contributed by atoms with Crippen LogP contribution in [0.2, 0.25) is 0 Å². The number of hydrogen-bond donors (Lipinski definition) is 2. The first-order valence-corrected chi connectivity index (χ1v) is 10.1. The van der Waals surface area contributed by atoms with Gasteiger partial charge in [0.1, 0.15) is 17.3 Å². The molecule has 1 unspecified atom stereocenters. The van der Waals surface area contributed by atoms with Gasteiger partial charge in [-0.2, -0.15) is 5.10 Å². The van der Waals surface area contributed by atoms with E-state index in [1.54, 1.807) is 25.3 Å². The molecule has 8 nitrogen and oxygen atoms in total. The van der Waals surface area contributed by atoms with Crippen molar-refractivity contribution in [2.24, 2.45) is 0 Å². The van der Waals surface area contributed by atoms with Crippen LogP contribution in [0.4, 0.5) is 4.39 Å². The highest BCUT2D eigenvalue weighted by molar-refractivity contribution is 5.88. The lowest BCUT2D eigenvalue weighted by molar-refractivity contribution is 0.0470. The van der Waals surface area contributed by atoms with Gasteiger partial charge in [-0.3, -0.25) is 14.9 Å². The molecule has 2 N–H and O–H groups in total. The van der Waals surface area contributed by atoms with Crippen LogP contribution in [0.25, 0.3) is 0 Å². The first-order valence-electron chi connectivity index (χ1n) is 10.1. The predicted octanol–water partition coefficient (Wildman–Crippen LogP) is 1.80. The van der Waals surface area contributed by atoms with Gasteiger partial charge >= 0.3 is 5.97 Å². The standard InChI is InChI=1S/C21H29FN4O4/c1-3-30-21(28)20-16(11-23-24-20)12-25-7-8-26(17(14-25)6-9-27)13-15-4-5-18(29-2)10-19(15)22/h4-5,10-11,17,27H,3,6-9,12-14H2,1-2H3,(H,23,24). The number of piperazine rings is 1. The van der Waals surface area contributed by atoms with E-state index in [-0.39, 0.29) is 18.5 Å². The molecule has 0 aliphatic carbocycles. The summed E-state index contributed by atoms with van der Waals surface area (Å²) in [5.41, 5.74) is 1.76. The maximum absolute atomic E-state index is 14.4. The molecular formula is C21H29FN4O4. The Morgan fingerprint density at radius 1 is 1.33 bits per heavy atom. The number of ether oxygens (including phenoxy) is 2. The van der Waals surface area contributed by atoms with Crippen molar-refractivity contribution in [2.75, 3.05) is 40.0 Å². The molecule has 3 rings (SSSR count). The minimum atomic E-state index is -0.412. The fraction of sp³-hybridized carbons (Fsp3) is 0.524. The first-order chi connectivity index (χ1) is 14.5. The summed E-state index contributed by atoms with van der Waals surface area (Å²) >= 11 is 0. The predicted molar refractivity (Wildman–Crippen MR) is 109 cm³/mol. The number of carbonyl (C=O) groups excluding carboxylic acids is 1. The number of H-pyrrole nitrogens is 1. The van der Waals surface area contributed by atoms with E-state index in [1.807, 2.05) is 0 Å². The number of carbonyl (C=O) groups is 1. The summed E-state index contributed by atoms with van der Waals surface area (Å²) in [5, 5.41) is 16.2. The zero-order chi connectivity index (χ0) is 21.5. The Morgan fingerprint density at radius 3 is 2.87 bits per heavy atom. The van der Waals surface area contributed by atoms with Gasteiger partial charge in [0.25, 0.3) is 0 Å². The van der Waals surface area contributed by atoms with Crippen LogP contribution in [-0.4, -0.2) is 77.1 Å². The normalized spacial score (nSPS) is 17.8. The number of aromatic nitrogens is 2. The molecule has 1 aromatic heterocycles. The Bertz CT molecular complexity index is 844. The van der Waals surface area contributed by atoms with Crippen LogP contribution < -0.4 is 4.74 Å². The highest BCUT2D eigenvalue weighted by Gasteiger charge is 2.28. The summed E-state index contributed by atoms with van der Waals surface area (Å²) in [5.74, 6) is -0.215. The lowest BCUT2D eigenvalue weighted by Gasteiger charge is -2.41. The number of nitrogens with zero attached hydrogens (tertiary/aromatic N) is 3. The second kappa shape index (κ2) is 10.5. The van der Waals surface area contributed by atoms with Crippen molar-refractivity contribution < 1.29 is 23.8 Å². The molecule has 0 radical (unpaired) electrons. The zero-order valence-corrected chi connectivity index (χ0v) is 17.4. The zero-order valence-electron chi connectivity index (χ0n) is 17.4. The van der Waals surface area contributed by atoms with Crippen molar-refractivity contribution in [1.29, 1.82) is 0 Å². The van der Waals surface area contributed by atoms with E-state index in [1.165, 1.54) is 13.2 Å². The number of hydrogen-bond acceptors (Lipinski definition) is 7. The van der Waals surface area contributed by atoms with E-state index in [0.29, 0.717) is 49.7 Å².